The molecule has 0 unspecified atom stereocenters. The van der Waals surface area contributed by atoms with Crippen molar-refractivity contribution >= 4 is 5.91 Å². The third kappa shape index (κ3) is 9.51. The van der Waals surface area contributed by atoms with E-state index in [1.54, 1.807) is 12.1 Å². The number of carbonyl (C=O) groups excluding carboxylic acids is 1. The zero-order valence-electron chi connectivity index (χ0n) is 13.6. The van der Waals surface area contributed by atoms with Gasteiger partial charge in [0, 0.05) is 20.1 Å². The first kappa shape index (κ1) is 21.5. The van der Waals surface area contributed by atoms with Gasteiger partial charge in [0.15, 0.2) is 0 Å². The molecule has 22 heavy (non-hydrogen) atoms. The Kier molecular flexibility index (Phi) is 12.7. The fourth-order valence-electron chi connectivity index (χ4n) is 1.65. The first-order valence-corrected chi connectivity index (χ1v) is 7.03. The summed E-state index contributed by atoms with van der Waals surface area (Å²) in [6, 6.07) is 18.4. The van der Waals surface area contributed by atoms with Crippen LogP contribution in [0.25, 0.3) is 0 Å². The number of aliphatic hydroxyl groups is 1. The normalized spacial score (nSPS) is 9.05. The van der Waals surface area contributed by atoms with Crippen molar-refractivity contribution in [3.05, 3.63) is 71.3 Å². The van der Waals surface area contributed by atoms with E-state index >= 15 is 0 Å². The van der Waals surface area contributed by atoms with Crippen LogP contribution in [0, 0.1) is 6.07 Å². The van der Waals surface area contributed by atoms with Crippen LogP contribution in [-0.4, -0.2) is 11.0 Å². The molecule has 0 aromatic heterocycles. The van der Waals surface area contributed by atoms with Crippen LogP contribution >= 0.6 is 0 Å². The molecule has 2 aromatic carbocycles. The van der Waals surface area contributed by atoms with Crippen LogP contribution in [0.5, 0.6) is 0 Å². The molecule has 2 N–H and O–H groups in total. The first-order chi connectivity index (χ1) is 10.2. The molecule has 3 nitrogen and oxygen atoms in total. The number of hydrogen-bond donors (Lipinski definition) is 2. The monoisotopic (exact) mass is 323 g/mol. The average Bonchev–Trinajstić information content (AvgIpc) is 2.54. The van der Waals surface area contributed by atoms with Gasteiger partial charge in [0.2, 0.25) is 5.91 Å². The van der Waals surface area contributed by atoms with E-state index in [1.807, 2.05) is 12.1 Å². The standard InChI is InChI=1S/C11H15NO.C7H7O.K/c1-3-10-4-6-11(7-5-10)8-12-9(2)13;8-6-7-4-2-1-3-5-7;/h4-7H,3,8H2,1-2H3,(H,12,13);2-5,8H,6H2;/q;-1;+1. The van der Waals surface area contributed by atoms with E-state index < -0.39 is 0 Å². The van der Waals surface area contributed by atoms with Crippen molar-refractivity contribution < 1.29 is 61.3 Å². The molecular formula is C18H22KNO2. The Morgan fingerprint density at radius 2 is 1.59 bits per heavy atom. The third-order valence-electron chi connectivity index (χ3n) is 2.94. The minimum Gasteiger partial charge on any atom is -0.394 e. The summed E-state index contributed by atoms with van der Waals surface area (Å²) in [5.74, 6) is 0.0135. The van der Waals surface area contributed by atoms with Crippen molar-refractivity contribution in [2.24, 2.45) is 0 Å². The van der Waals surface area contributed by atoms with Gasteiger partial charge in [-0.1, -0.05) is 31.2 Å². The SMILES string of the molecule is CCc1ccc(CNC(C)=O)cc1.OCc1cc[c-]cc1.[K+]. The molecule has 2 aromatic rings. The van der Waals surface area contributed by atoms with Crippen molar-refractivity contribution in [1.29, 1.82) is 0 Å². The molecule has 0 aliphatic heterocycles. The largest absolute Gasteiger partial charge is 1.00 e. The second-order valence-electron chi connectivity index (χ2n) is 4.65. The number of rotatable bonds is 4. The summed E-state index contributed by atoms with van der Waals surface area (Å²) < 4.78 is 0. The molecule has 0 bridgehead atoms. The summed E-state index contributed by atoms with van der Waals surface area (Å²) in [4.78, 5) is 10.6. The van der Waals surface area contributed by atoms with Gasteiger partial charge in [0.05, 0.1) is 0 Å². The summed E-state index contributed by atoms with van der Waals surface area (Å²) in [7, 11) is 0. The predicted octanol–water partition coefficient (Wildman–Crippen LogP) is -0.132. The van der Waals surface area contributed by atoms with Crippen LogP contribution in [0.4, 0.5) is 0 Å². The van der Waals surface area contributed by atoms with E-state index in [0.29, 0.717) is 6.54 Å². The van der Waals surface area contributed by atoms with Crippen molar-refractivity contribution in [2.45, 2.75) is 33.4 Å². The van der Waals surface area contributed by atoms with Gasteiger partial charge in [0.1, 0.15) is 0 Å². The minimum absolute atomic E-state index is 0. The molecule has 0 saturated carbocycles. The molecule has 0 saturated heterocycles. The molecule has 0 aliphatic rings. The van der Waals surface area contributed by atoms with Gasteiger partial charge in [-0.25, -0.2) is 0 Å². The summed E-state index contributed by atoms with van der Waals surface area (Å²) in [5.41, 5.74) is 3.41. The molecule has 2 rings (SSSR count). The zero-order chi connectivity index (χ0) is 15.5. The Balaban J connectivity index is 0.000000423. The van der Waals surface area contributed by atoms with Crippen molar-refractivity contribution in [3.63, 3.8) is 0 Å². The Morgan fingerprint density at radius 1 is 1.05 bits per heavy atom. The summed E-state index contributed by atoms with van der Waals surface area (Å²) in [5, 5.41) is 11.3. The summed E-state index contributed by atoms with van der Waals surface area (Å²) >= 11 is 0. The van der Waals surface area contributed by atoms with Gasteiger partial charge in [-0.2, -0.15) is 30.3 Å². The summed E-state index contributed by atoms with van der Waals surface area (Å²) in [6.07, 6.45) is 1.06. The number of amides is 1. The Morgan fingerprint density at radius 3 is 2.00 bits per heavy atom. The van der Waals surface area contributed by atoms with Gasteiger partial charge in [-0.05, 0) is 17.5 Å². The van der Waals surface area contributed by atoms with Gasteiger partial charge < -0.3 is 10.4 Å². The van der Waals surface area contributed by atoms with Gasteiger partial charge in [0.25, 0.3) is 0 Å². The fraction of sp³-hybridized carbons (Fsp3) is 0.278. The Hall–Kier alpha value is -0.494. The molecular weight excluding hydrogens is 301 g/mol. The van der Waals surface area contributed by atoms with Gasteiger partial charge >= 0.3 is 51.4 Å². The minimum atomic E-state index is 0. The molecule has 0 fully saturated rings. The number of aryl methyl sites for hydroxylation is 1. The van der Waals surface area contributed by atoms with Crippen molar-refractivity contribution in [2.75, 3.05) is 0 Å². The van der Waals surface area contributed by atoms with E-state index in [2.05, 4.69) is 42.6 Å². The number of nitrogens with one attached hydrogen (secondary N) is 1. The van der Waals surface area contributed by atoms with Crippen LogP contribution < -0.4 is 56.7 Å². The van der Waals surface area contributed by atoms with Crippen LogP contribution in [0.2, 0.25) is 0 Å². The quantitative estimate of drug-likeness (QED) is 0.608. The Labute approximate surface area is 175 Å². The average molecular weight is 323 g/mol. The van der Waals surface area contributed by atoms with Crippen LogP contribution in [0.1, 0.15) is 30.5 Å². The maximum absolute atomic E-state index is 10.6. The molecule has 4 heteroatoms. The van der Waals surface area contributed by atoms with Crippen molar-refractivity contribution in [1.82, 2.24) is 5.32 Å². The van der Waals surface area contributed by atoms with Gasteiger partial charge in [-0.15, -0.1) is 5.56 Å². The molecule has 0 radical (unpaired) electrons. The van der Waals surface area contributed by atoms with E-state index in [9.17, 15) is 4.79 Å². The second-order valence-corrected chi connectivity index (χ2v) is 4.65. The number of benzene rings is 2. The van der Waals surface area contributed by atoms with Gasteiger partial charge in [-0.3, -0.25) is 4.79 Å². The predicted molar refractivity (Wildman–Crippen MR) is 84.5 cm³/mol. The van der Waals surface area contributed by atoms with E-state index in [0.717, 1.165) is 17.5 Å². The van der Waals surface area contributed by atoms with Crippen LogP contribution in [0.3, 0.4) is 0 Å². The molecule has 0 atom stereocenters. The molecule has 0 heterocycles. The fourth-order valence-corrected chi connectivity index (χ4v) is 1.65. The second kappa shape index (κ2) is 13.0. The van der Waals surface area contributed by atoms with Crippen LogP contribution in [0.15, 0.2) is 48.5 Å². The topological polar surface area (TPSA) is 49.3 Å². The van der Waals surface area contributed by atoms with Crippen molar-refractivity contribution in [3.8, 4) is 0 Å². The van der Waals surface area contributed by atoms with E-state index in [-0.39, 0.29) is 63.9 Å². The van der Waals surface area contributed by atoms with E-state index in [1.165, 1.54) is 12.5 Å². The maximum Gasteiger partial charge on any atom is 1.00 e. The number of aliphatic hydroxyl groups excluding tert-OH is 1. The molecule has 1 amide bonds. The summed E-state index contributed by atoms with van der Waals surface area (Å²) in [6.45, 7) is 4.40. The molecule has 0 aliphatic carbocycles. The van der Waals surface area contributed by atoms with Crippen LogP contribution in [-0.2, 0) is 24.4 Å². The number of carbonyl (C=O) groups is 1. The maximum atomic E-state index is 10.6. The molecule has 112 valence electrons. The Bertz CT molecular complexity index is 527. The first-order valence-electron chi connectivity index (χ1n) is 7.03. The number of hydrogen-bond acceptors (Lipinski definition) is 2. The molecule has 0 spiro atoms. The van der Waals surface area contributed by atoms with E-state index in [4.69, 9.17) is 5.11 Å². The third-order valence-corrected chi connectivity index (χ3v) is 2.94. The smallest absolute Gasteiger partial charge is 0.394 e. The zero-order valence-corrected chi connectivity index (χ0v) is 16.7.